The van der Waals surface area contributed by atoms with Crippen LogP contribution in [0.25, 0.3) is 0 Å². The van der Waals surface area contributed by atoms with E-state index < -0.39 is 58.7 Å². The van der Waals surface area contributed by atoms with Crippen LogP contribution in [0, 0.1) is 11.8 Å². The summed E-state index contributed by atoms with van der Waals surface area (Å²) in [7, 11) is 0. The summed E-state index contributed by atoms with van der Waals surface area (Å²) in [6, 6.07) is 6.85. The molecule has 13 heteroatoms. The Morgan fingerprint density at radius 2 is 1.56 bits per heavy atom. The lowest BCUT2D eigenvalue weighted by atomic mass is 9.82. The average molecular weight is 615 g/mol. The van der Waals surface area contributed by atoms with Crippen LogP contribution < -0.4 is 32.3 Å². The fourth-order valence-corrected chi connectivity index (χ4v) is 6.97. The Hall–Kier alpha value is -3.87. The maximum atomic E-state index is 14.2. The van der Waals surface area contributed by atoms with Gasteiger partial charge in [0.1, 0.15) is 29.2 Å². The molecule has 1 aromatic rings. The van der Waals surface area contributed by atoms with Gasteiger partial charge in [0, 0.05) is 23.8 Å². The number of fused-ring (bicyclic) bond motifs is 2. The Morgan fingerprint density at radius 1 is 0.930 bits per heavy atom. The van der Waals surface area contributed by atoms with Crippen molar-refractivity contribution in [2.75, 3.05) is 0 Å². The van der Waals surface area contributed by atoms with Gasteiger partial charge in [0.05, 0.1) is 0 Å². The van der Waals surface area contributed by atoms with Crippen LogP contribution >= 0.6 is 11.8 Å². The minimum atomic E-state index is -1.43. The van der Waals surface area contributed by atoms with Crippen LogP contribution in [0.15, 0.2) is 42.5 Å². The summed E-state index contributed by atoms with van der Waals surface area (Å²) in [5.41, 5.74) is 3.46. The number of hydrogen-bond donors (Lipinski definition) is 6. The number of allylic oxidation sites excluding steroid dienone is 1. The van der Waals surface area contributed by atoms with Gasteiger partial charge in [-0.05, 0) is 52.5 Å². The molecule has 2 aliphatic rings. The van der Waals surface area contributed by atoms with Crippen LogP contribution in [0.1, 0.15) is 53.5 Å². The third kappa shape index (κ3) is 7.75. The molecule has 43 heavy (non-hydrogen) atoms. The summed E-state index contributed by atoms with van der Waals surface area (Å²) >= 11 is 1.56. The van der Waals surface area contributed by atoms with Crippen LogP contribution in [0.4, 0.5) is 0 Å². The van der Waals surface area contributed by atoms with E-state index in [1.807, 2.05) is 36.4 Å². The number of thioether (sulfide) groups is 1. The van der Waals surface area contributed by atoms with Gasteiger partial charge in [-0.2, -0.15) is 11.8 Å². The minimum Gasteiger partial charge on any atom is -0.368 e. The fraction of sp³-hybridized carbons (Fsp3) is 0.533. The van der Waals surface area contributed by atoms with Crippen LogP contribution in [0.5, 0.6) is 0 Å². The number of amides is 6. The molecule has 12 nitrogen and oxygen atoms in total. The molecule has 3 rings (SSSR count). The molecule has 1 saturated carbocycles. The first-order valence-electron chi connectivity index (χ1n) is 14.2. The molecule has 1 aromatic carbocycles. The molecular formula is C30H42N6O6S. The van der Waals surface area contributed by atoms with E-state index in [0.29, 0.717) is 12.2 Å². The van der Waals surface area contributed by atoms with Crippen molar-refractivity contribution in [3.8, 4) is 0 Å². The molecule has 234 valence electrons. The number of hydrogen-bond acceptors (Lipinski definition) is 7. The van der Waals surface area contributed by atoms with Gasteiger partial charge in [0.2, 0.25) is 35.4 Å². The molecule has 7 N–H and O–H groups in total. The summed E-state index contributed by atoms with van der Waals surface area (Å²) in [5.74, 6) is -3.18. The Balaban J connectivity index is 1.84. The first-order chi connectivity index (χ1) is 20.1. The summed E-state index contributed by atoms with van der Waals surface area (Å²) in [6.45, 7) is 8.69. The van der Waals surface area contributed by atoms with Gasteiger partial charge < -0.3 is 32.3 Å². The van der Waals surface area contributed by atoms with Crippen LogP contribution in [0.2, 0.25) is 0 Å². The third-order valence-corrected chi connectivity index (χ3v) is 9.43. The molecule has 0 spiro atoms. The topological polar surface area (TPSA) is 189 Å². The van der Waals surface area contributed by atoms with Crippen molar-refractivity contribution in [3.05, 3.63) is 48.0 Å². The standard InChI is InChI=1S/C30H42N6O6S/c1-16(24(31)38)33-27(41)29(5,6)35-25(39)18(3)34-28(42)30(36-26(40)17(2)32-19(4)37)22-13-12-21(14-22)23(30)43-15-20-10-8-7-9-11-20/h7-13,16-18,21-23H,14-15H2,1-6H3,(H2,31,38)(H,32,37)(H,33,41)(H,34,42)(H,35,39)(H,36,40)/t16-,17-,18-,21-,22+,23-,30+/m0/s1. The van der Waals surface area contributed by atoms with Gasteiger partial charge in [-0.1, -0.05) is 42.5 Å². The van der Waals surface area contributed by atoms with Crippen LogP contribution in [0.3, 0.4) is 0 Å². The van der Waals surface area contributed by atoms with Crippen molar-refractivity contribution in [1.82, 2.24) is 26.6 Å². The van der Waals surface area contributed by atoms with Gasteiger partial charge in [-0.25, -0.2) is 0 Å². The highest BCUT2D eigenvalue weighted by atomic mass is 32.2. The molecule has 0 aliphatic heterocycles. The number of rotatable bonds is 13. The zero-order valence-corrected chi connectivity index (χ0v) is 26.2. The van der Waals surface area contributed by atoms with Crippen molar-refractivity contribution in [2.24, 2.45) is 17.6 Å². The molecule has 0 saturated heterocycles. The molecule has 2 aliphatic carbocycles. The number of carbonyl (C=O) groups excluding carboxylic acids is 6. The van der Waals surface area contributed by atoms with Crippen molar-refractivity contribution < 1.29 is 28.8 Å². The number of carbonyl (C=O) groups is 6. The SMILES string of the molecule is CC(=O)N[C@@H](C)C(=O)N[C@]1(C(=O)N[C@@H](C)C(=O)NC(C)(C)C(=O)N[C@@H](C)C(N)=O)[C@@H]2C=C[C@@H](C2)[C@@H]1SCc1ccccc1. The van der Waals surface area contributed by atoms with E-state index >= 15 is 0 Å². The van der Waals surface area contributed by atoms with Gasteiger partial charge in [0.15, 0.2) is 0 Å². The maximum absolute atomic E-state index is 14.2. The molecule has 6 amide bonds. The normalized spacial score (nSPS) is 24.3. The van der Waals surface area contributed by atoms with Crippen molar-refractivity contribution >= 4 is 47.2 Å². The molecule has 0 radical (unpaired) electrons. The summed E-state index contributed by atoms with van der Waals surface area (Å²) in [5, 5.41) is 13.0. The first-order valence-corrected chi connectivity index (χ1v) is 15.3. The van der Waals surface area contributed by atoms with Crippen molar-refractivity contribution in [2.45, 2.75) is 88.2 Å². The van der Waals surface area contributed by atoms with E-state index in [1.165, 1.54) is 34.6 Å². The second-order valence-electron chi connectivity index (χ2n) is 11.8. The molecular weight excluding hydrogens is 572 g/mol. The summed E-state index contributed by atoms with van der Waals surface area (Å²) < 4.78 is 0. The van der Waals surface area contributed by atoms with E-state index in [1.54, 1.807) is 18.7 Å². The van der Waals surface area contributed by atoms with Gasteiger partial charge >= 0.3 is 0 Å². The Bertz CT molecular complexity index is 1290. The van der Waals surface area contributed by atoms with Gasteiger partial charge in [0.25, 0.3) is 0 Å². The second-order valence-corrected chi connectivity index (χ2v) is 12.9. The summed E-state index contributed by atoms with van der Waals surface area (Å²) in [6.07, 6.45) is 4.62. The van der Waals surface area contributed by atoms with Crippen molar-refractivity contribution in [3.63, 3.8) is 0 Å². The largest absolute Gasteiger partial charge is 0.368 e. The predicted octanol–water partition coefficient (Wildman–Crippen LogP) is 0.263. The van der Waals surface area contributed by atoms with Crippen LogP contribution in [-0.2, 0) is 34.5 Å². The van der Waals surface area contributed by atoms with E-state index in [0.717, 1.165) is 5.56 Å². The van der Waals surface area contributed by atoms with Gasteiger partial charge in [-0.15, -0.1) is 0 Å². The molecule has 1 fully saturated rings. The van der Waals surface area contributed by atoms with E-state index in [9.17, 15) is 28.8 Å². The maximum Gasteiger partial charge on any atom is 0.248 e. The molecule has 0 unspecified atom stereocenters. The first kappa shape index (κ1) is 33.6. The van der Waals surface area contributed by atoms with Crippen LogP contribution in [-0.4, -0.2) is 69.9 Å². The number of benzene rings is 1. The Morgan fingerprint density at radius 3 is 2.16 bits per heavy atom. The Labute approximate surface area is 256 Å². The smallest absolute Gasteiger partial charge is 0.248 e. The lowest BCUT2D eigenvalue weighted by molar-refractivity contribution is -0.139. The highest BCUT2D eigenvalue weighted by Crippen LogP contribution is 2.52. The van der Waals surface area contributed by atoms with Crippen molar-refractivity contribution in [1.29, 1.82) is 0 Å². The zero-order valence-electron chi connectivity index (χ0n) is 25.4. The third-order valence-electron chi connectivity index (χ3n) is 7.85. The van der Waals surface area contributed by atoms with E-state index in [2.05, 4.69) is 32.7 Å². The molecule has 7 atom stereocenters. The lowest BCUT2D eigenvalue weighted by Crippen LogP contribution is -2.70. The molecule has 0 heterocycles. The van der Waals surface area contributed by atoms with Gasteiger partial charge in [-0.3, -0.25) is 28.8 Å². The quantitative estimate of drug-likeness (QED) is 0.172. The minimum absolute atomic E-state index is 0.000146. The molecule has 2 bridgehead atoms. The fourth-order valence-electron chi connectivity index (χ4n) is 5.36. The van der Waals surface area contributed by atoms with E-state index in [4.69, 9.17) is 5.73 Å². The highest BCUT2D eigenvalue weighted by molar-refractivity contribution is 7.99. The second kappa shape index (κ2) is 13.6. The Kier molecular flexibility index (Phi) is 10.7. The average Bonchev–Trinajstić information content (AvgIpc) is 3.52. The number of nitrogens with one attached hydrogen (secondary N) is 5. The lowest BCUT2D eigenvalue weighted by Gasteiger charge is -2.42. The monoisotopic (exact) mass is 614 g/mol. The van der Waals surface area contributed by atoms with E-state index in [-0.39, 0.29) is 23.0 Å². The summed E-state index contributed by atoms with van der Waals surface area (Å²) in [4.78, 5) is 76.5. The highest BCUT2D eigenvalue weighted by Gasteiger charge is 2.62. The number of primary amides is 1. The molecule has 0 aromatic heterocycles. The zero-order chi connectivity index (χ0) is 32.1. The number of nitrogens with two attached hydrogens (primary N) is 1. The predicted molar refractivity (Wildman–Crippen MR) is 163 cm³/mol.